The van der Waals surface area contributed by atoms with Gasteiger partial charge in [0.05, 0.1) is 31.3 Å². The lowest BCUT2D eigenvalue weighted by Gasteiger charge is -2.07. The summed E-state index contributed by atoms with van der Waals surface area (Å²) in [6.45, 7) is 0.773. The number of H-pyrrole nitrogens is 2. The monoisotopic (exact) mass is 472 g/mol. The van der Waals surface area contributed by atoms with Crippen LogP contribution >= 0.6 is 11.6 Å². The van der Waals surface area contributed by atoms with Gasteiger partial charge in [-0.05, 0) is 35.9 Å². The molecule has 0 atom stereocenters. The predicted molar refractivity (Wildman–Crippen MR) is 127 cm³/mol. The van der Waals surface area contributed by atoms with Crippen LogP contribution in [-0.4, -0.2) is 45.4 Å². The number of imidazole rings is 2. The molecule has 11 nitrogen and oxygen atoms in total. The first kappa shape index (κ1) is 20.1. The summed E-state index contributed by atoms with van der Waals surface area (Å²) in [6.07, 6.45) is 4.63. The van der Waals surface area contributed by atoms with E-state index in [9.17, 15) is 4.79 Å². The van der Waals surface area contributed by atoms with Crippen molar-refractivity contribution in [1.29, 1.82) is 0 Å². The van der Waals surface area contributed by atoms with Gasteiger partial charge in [0, 0.05) is 16.1 Å². The molecule has 1 aromatic carbocycles. The van der Waals surface area contributed by atoms with Gasteiger partial charge in [0.15, 0.2) is 17.1 Å². The van der Waals surface area contributed by atoms with E-state index in [-0.39, 0.29) is 5.91 Å². The molecule has 0 bridgehead atoms. The highest BCUT2D eigenvalue weighted by Crippen LogP contribution is 2.26. The van der Waals surface area contributed by atoms with Crippen molar-refractivity contribution in [1.82, 2.24) is 44.8 Å². The maximum Gasteiger partial charge on any atom is 0.270 e. The lowest BCUT2D eigenvalue weighted by Crippen LogP contribution is -2.23. The van der Waals surface area contributed by atoms with Crippen molar-refractivity contribution in [2.45, 2.75) is 13.1 Å². The topological polar surface area (TPSA) is 156 Å². The van der Waals surface area contributed by atoms with Gasteiger partial charge in [-0.2, -0.15) is 0 Å². The molecule has 6 aromatic rings. The fraction of sp³-hybridized carbons (Fsp3) is 0.0909. The van der Waals surface area contributed by atoms with Crippen LogP contribution in [0.4, 0.5) is 5.82 Å². The van der Waals surface area contributed by atoms with Crippen molar-refractivity contribution in [3.8, 4) is 0 Å². The van der Waals surface area contributed by atoms with Gasteiger partial charge >= 0.3 is 0 Å². The Morgan fingerprint density at radius 2 is 2.06 bits per heavy atom. The number of benzene rings is 1. The Morgan fingerprint density at radius 1 is 1.15 bits per heavy atom. The van der Waals surface area contributed by atoms with Gasteiger partial charge in [-0.25, -0.2) is 24.9 Å². The zero-order valence-electron chi connectivity index (χ0n) is 17.6. The number of nitrogens with two attached hydrogens (primary N) is 1. The number of halogens is 1. The minimum absolute atomic E-state index is 0.282. The Balaban J connectivity index is 1.26. The number of nitrogens with zero attached hydrogens (tertiary/aromatic N) is 6. The number of anilines is 1. The third kappa shape index (κ3) is 3.48. The summed E-state index contributed by atoms with van der Waals surface area (Å²) < 4.78 is 1.89. The SMILES string of the molecule is Nc1ncnc2c1ncn2Cc1cc(Cl)cc2cc(CNC(=O)c3ccc4nc[nH]c4n3)[nH]c12. The molecule has 0 fully saturated rings. The summed E-state index contributed by atoms with van der Waals surface area (Å²) in [5.74, 6) is 0.0506. The van der Waals surface area contributed by atoms with E-state index in [1.165, 1.54) is 6.33 Å². The van der Waals surface area contributed by atoms with E-state index >= 15 is 0 Å². The van der Waals surface area contributed by atoms with Crippen LogP contribution in [0.3, 0.4) is 0 Å². The second kappa shape index (κ2) is 7.81. The minimum Gasteiger partial charge on any atom is -0.382 e. The lowest BCUT2D eigenvalue weighted by atomic mass is 10.1. The van der Waals surface area contributed by atoms with Gasteiger partial charge in [-0.3, -0.25) is 4.79 Å². The van der Waals surface area contributed by atoms with Crippen molar-refractivity contribution < 1.29 is 4.79 Å². The predicted octanol–water partition coefficient (Wildman–Crippen LogP) is 2.79. The molecule has 0 aliphatic heterocycles. The first-order valence-electron chi connectivity index (χ1n) is 10.3. The maximum absolute atomic E-state index is 12.6. The number of fused-ring (bicyclic) bond motifs is 3. The summed E-state index contributed by atoms with van der Waals surface area (Å²) >= 11 is 6.39. The van der Waals surface area contributed by atoms with Gasteiger partial charge in [-0.1, -0.05) is 11.6 Å². The Morgan fingerprint density at radius 3 is 2.97 bits per heavy atom. The summed E-state index contributed by atoms with van der Waals surface area (Å²) in [5.41, 5.74) is 11.4. The number of aromatic nitrogens is 8. The molecule has 0 spiro atoms. The maximum atomic E-state index is 12.6. The van der Waals surface area contributed by atoms with Crippen LogP contribution in [0.5, 0.6) is 0 Å². The van der Waals surface area contributed by atoms with Crippen molar-refractivity contribution in [2.24, 2.45) is 0 Å². The Bertz CT molecular complexity index is 1700. The molecule has 0 radical (unpaired) electrons. The molecule has 34 heavy (non-hydrogen) atoms. The molecule has 0 aliphatic rings. The van der Waals surface area contributed by atoms with E-state index in [0.29, 0.717) is 52.0 Å². The number of carbonyl (C=O) groups excluding carboxylic acids is 1. The smallest absolute Gasteiger partial charge is 0.270 e. The fourth-order valence-electron chi connectivity index (χ4n) is 3.97. The van der Waals surface area contributed by atoms with Gasteiger partial charge in [-0.15, -0.1) is 0 Å². The molecule has 6 rings (SSSR count). The van der Waals surface area contributed by atoms with Gasteiger partial charge in [0.2, 0.25) is 0 Å². The first-order valence-corrected chi connectivity index (χ1v) is 10.7. The number of hydrogen-bond acceptors (Lipinski definition) is 7. The number of carbonyl (C=O) groups is 1. The summed E-state index contributed by atoms with van der Waals surface area (Å²) in [4.78, 5) is 39.9. The third-order valence-electron chi connectivity index (χ3n) is 5.55. The molecular weight excluding hydrogens is 456 g/mol. The third-order valence-corrected chi connectivity index (χ3v) is 5.77. The summed E-state index contributed by atoms with van der Waals surface area (Å²) in [5, 5.41) is 4.43. The Kier molecular flexibility index (Phi) is 4.62. The van der Waals surface area contributed by atoms with E-state index < -0.39 is 0 Å². The highest BCUT2D eigenvalue weighted by atomic mass is 35.5. The normalized spacial score (nSPS) is 11.6. The number of hydrogen-bond donors (Lipinski definition) is 4. The van der Waals surface area contributed by atoms with Crippen LogP contribution in [0.25, 0.3) is 33.2 Å². The van der Waals surface area contributed by atoms with Gasteiger partial charge in [0.1, 0.15) is 23.1 Å². The van der Waals surface area contributed by atoms with Crippen LogP contribution in [0.1, 0.15) is 21.7 Å². The number of nitrogen functional groups attached to an aromatic ring is 1. The molecule has 0 aliphatic carbocycles. The van der Waals surface area contributed by atoms with Crippen molar-refractivity contribution in [3.05, 3.63) is 71.3 Å². The molecule has 5 heterocycles. The molecule has 5 aromatic heterocycles. The Labute approximate surface area is 196 Å². The second-order valence-electron chi connectivity index (χ2n) is 7.78. The fourth-order valence-corrected chi connectivity index (χ4v) is 4.22. The van der Waals surface area contributed by atoms with Crippen LogP contribution in [0, 0.1) is 0 Å². The average Bonchev–Trinajstić information content (AvgIpc) is 3.56. The van der Waals surface area contributed by atoms with Crippen LogP contribution in [0.15, 0.2) is 49.3 Å². The number of rotatable bonds is 5. The largest absolute Gasteiger partial charge is 0.382 e. The number of nitrogens with one attached hydrogen (secondary N) is 3. The van der Waals surface area contributed by atoms with E-state index in [2.05, 4.69) is 40.2 Å². The van der Waals surface area contributed by atoms with Crippen LogP contribution in [-0.2, 0) is 13.1 Å². The lowest BCUT2D eigenvalue weighted by molar-refractivity contribution is 0.0946. The van der Waals surface area contributed by atoms with Gasteiger partial charge in [0.25, 0.3) is 5.91 Å². The molecular formula is C22H17ClN10O. The average molecular weight is 473 g/mol. The van der Waals surface area contributed by atoms with Gasteiger partial charge < -0.3 is 25.6 Å². The van der Waals surface area contributed by atoms with E-state index in [1.807, 2.05) is 22.8 Å². The molecule has 1 amide bonds. The molecule has 168 valence electrons. The standard InChI is InChI=1S/C22H17ClN10O/c23-13-3-11-5-14(6-25-22(34)16-2-1-15-20(32-16)28-8-26-15)31-17(11)12(4-13)7-33-10-30-18-19(24)27-9-29-21(18)33/h1-5,8-10,31H,6-7H2,(H,25,34)(H2,24,27,29)(H,26,28,32). The van der Waals surface area contributed by atoms with Crippen molar-refractivity contribution in [2.75, 3.05) is 5.73 Å². The molecule has 0 unspecified atom stereocenters. The molecule has 12 heteroatoms. The number of amides is 1. The number of aromatic amines is 2. The zero-order chi connectivity index (χ0) is 23.2. The zero-order valence-corrected chi connectivity index (χ0v) is 18.3. The second-order valence-corrected chi connectivity index (χ2v) is 8.21. The summed E-state index contributed by atoms with van der Waals surface area (Å²) in [7, 11) is 0. The summed E-state index contributed by atoms with van der Waals surface area (Å²) in [6, 6.07) is 9.13. The highest BCUT2D eigenvalue weighted by molar-refractivity contribution is 6.31. The minimum atomic E-state index is -0.282. The van der Waals surface area contributed by atoms with Crippen LogP contribution < -0.4 is 11.1 Å². The van der Waals surface area contributed by atoms with Crippen molar-refractivity contribution >= 4 is 56.6 Å². The molecule has 0 saturated heterocycles. The van der Waals surface area contributed by atoms with E-state index in [0.717, 1.165) is 22.2 Å². The Hall–Kier alpha value is -4.51. The number of pyridine rings is 1. The first-order chi connectivity index (χ1) is 16.5. The molecule has 5 N–H and O–H groups in total. The van der Waals surface area contributed by atoms with Crippen LogP contribution in [0.2, 0.25) is 5.02 Å². The van der Waals surface area contributed by atoms with E-state index in [4.69, 9.17) is 17.3 Å². The molecule has 0 saturated carbocycles. The highest BCUT2D eigenvalue weighted by Gasteiger charge is 2.14. The van der Waals surface area contributed by atoms with E-state index in [1.54, 1.807) is 24.8 Å². The quantitative estimate of drug-likeness (QED) is 0.300. The van der Waals surface area contributed by atoms with Crippen molar-refractivity contribution in [3.63, 3.8) is 0 Å².